The number of amides is 1. The number of rotatable bonds is 1. The Kier molecular flexibility index (Phi) is 1.12. The molecule has 0 saturated heterocycles. The molecule has 56 valence electrons. The van der Waals surface area contributed by atoms with Crippen LogP contribution in [0.2, 0.25) is 0 Å². The summed E-state index contributed by atoms with van der Waals surface area (Å²) in [5.74, 6) is -0.361. The van der Waals surface area contributed by atoms with Gasteiger partial charge in [-0.3, -0.25) is 4.79 Å². The van der Waals surface area contributed by atoms with Gasteiger partial charge in [0, 0.05) is 12.2 Å². The molecule has 2 heterocycles. The number of allylic oxidation sites excluding steroid dienone is 1. The third kappa shape index (κ3) is 0.774. The lowest BCUT2D eigenvalue weighted by atomic mass is 10.4. The Hall–Kier alpha value is -1.51. The topological polar surface area (TPSA) is 48.0 Å². The standard InChI is InChI=1S/C8H8N2O/c9-8(11)7-4-3-6-2-1-5-10(6)7/h1-4H,5H2,(H2,9,11). The van der Waals surface area contributed by atoms with Gasteiger partial charge in [-0.15, -0.1) is 0 Å². The average Bonchev–Trinajstić information content (AvgIpc) is 2.41. The molecular formula is C8H8N2O. The molecule has 1 amide bonds. The molecule has 0 spiro atoms. The van der Waals surface area contributed by atoms with E-state index >= 15 is 0 Å². The van der Waals surface area contributed by atoms with Gasteiger partial charge in [-0.2, -0.15) is 0 Å². The molecule has 0 bridgehead atoms. The highest BCUT2D eigenvalue weighted by molar-refractivity contribution is 5.92. The van der Waals surface area contributed by atoms with E-state index in [9.17, 15) is 4.79 Å². The maximum Gasteiger partial charge on any atom is 0.265 e. The minimum atomic E-state index is -0.361. The molecule has 1 aliphatic heterocycles. The van der Waals surface area contributed by atoms with Crippen molar-refractivity contribution in [1.29, 1.82) is 0 Å². The van der Waals surface area contributed by atoms with Crippen LogP contribution in [0.25, 0.3) is 6.08 Å². The van der Waals surface area contributed by atoms with Crippen molar-refractivity contribution in [1.82, 2.24) is 4.57 Å². The van der Waals surface area contributed by atoms with Gasteiger partial charge in [0.15, 0.2) is 0 Å². The van der Waals surface area contributed by atoms with Crippen molar-refractivity contribution in [3.05, 3.63) is 29.6 Å². The van der Waals surface area contributed by atoms with E-state index in [1.807, 2.05) is 22.8 Å². The molecule has 11 heavy (non-hydrogen) atoms. The lowest BCUT2D eigenvalue weighted by molar-refractivity contribution is 0.0992. The smallest absolute Gasteiger partial charge is 0.265 e. The fraction of sp³-hybridized carbons (Fsp3) is 0.125. The summed E-state index contributed by atoms with van der Waals surface area (Å²) in [6.07, 6.45) is 3.98. The zero-order chi connectivity index (χ0) is 7.84. The first kappa shape index (κ1) is 6.22. The van der Waals surface area contributed by atoms with Gasteiger partial charge in [0.2, 0.25) is 0 Å². The summed E-state index contributed by atoms with van der Waals surface area (Å²) in [5, 5.41) is 0. The molecule has 0 radical (unpaired) electrons. The SMILES string of the molecule is NC(=O)c1ccc2n1CC=C2. The number of nitrogens with zero attached hydrogens (tertiary/aromatic N) is 1. The molecule has 1 aromatic rings. The van der Waals surface area contributed by atoms with Gasteiger partial charge >= 0.3 is 0 Å². The van der Waals surface area contributed by atoms with Crippen LogP contribution in [0.3, 0.4) is 0 Å². The summed E-state index contributed by atoms with van der Waals surface area (Å²) < 4.78 is 1.89. The Morgan fingerprint density at radius 2 is 2.36 bits per heavy atom. The molecule has 1 aliphatic rings. The number of hydrogen-bond acceptors (Lipinski definition) is 1. The molecular weight excluding hydrogens is 140 g/mol. The summed E-state index contributed by atoms with van der Waals surface area (Å²) in [6.45, 7) is 0.764. The minimum Gasteiger partial charge on any atom is -0.364 e. The monoisotopic (exact) mass is 148 g/mol. The van der Waals surface area contributed by atoms with E-state index in [1.165, 1.54) is 0 Å². The van der Waals surface area contributed by atoms with E-state index in [4.69, 9.17) is 5.73 Å². The Labute approximate surface area is 64.1 Å². The van der Waals surface area contributed by atoms with Crippen molar-refractivity contribution in [2.75, 3.05) is 0 Å². The van der Waals surface area contributed by atoms with Crippen molar-refractivity contribution in [3.63, 3.8) is 0 Å². The zero-order valence-corrected chi connectivity index (χ0v) is 5.95. The first-order chi connectivity index (χ1) is 5.29. The molecule has 0 aromatic carbocycles. The summed E-state index contributed by atoms with van der Waals surface area (Å²) in [4.78, 5) is 10.8. The van der Waals surface area contributed by atoms with E-state index in [0.29, 0.717) is 5.69 Å². The highest BCUT2D eigenvalue weighted by Gasteiger charge is 2.12. The average molecular weight is 148 g/mol. The van der Waals surface area contributed by atoms with Gasteiger partial charge in [0.1, 0.15) is 5.69 Å². The Balaban J connectivity index is 2.55. The van der Waals surface area contributed by atoms with Crippen LogP contribution in [0.4, 0.5) is 0 Å². The van der Waals surface area contributed by atoms with Crippen molar-refractivity contribution in [2.24, 2.45) is 5.73 Å². The second kappa shape index (κ2) is 1.99. The molecule has 0 atom stereocenters. The van der Waals surface area contributed by atoms with E-state index in [0.717, 1.165) is 12.2 Å². The lowest BCUT2D eigenvalue weighted by Crippen LogP contribution is -2.16. The molecule has 0 saturated carbocycles. The predicted molar refractivity (Wildman–Crippen MR) is 42.0 cm³/mol. The third-order valence-corrected chi connectivity index (χ3v) is 1.84. The first-order valence-electron chi connectivity index (χ1n) is 3.45. The van der Waals surface area contributed by atoms with Gasteiger partial charge in [-0.05, 0) is 18.2 Å². The summed E-state index contributed by atoms with van der Waals surface area (Å²) in [7, 11) is 0. The second-order valence-electron chi connectivity index (χ2n) is 2.52. The maximum atomic E-state index is 10.8. The minimum absolute atomic E-state index is 0.361. The Bertz CT molecular complexity index is 336. The van der Waals surface area contributed by atoms with E-state index in [1.54, 1.807) is 6.07 Å². The predicted octanol–water partition coefficient (Wildman–Crippen LogP) is 0.614. The van der Waals surface area contributed by atoms with Crippen molar-refractivity contribution < 1.29 is 4.79 Å². The number of hydrogen-bond donors (Lipinski definition) is 1. The molecule has 0 fully saturated rings. The Morgan fingerprint density at radius 3 is 3.09 bits per heavy atom. The van der Waals surface area contributed by atoms with Gasteiger partial charge < -0.3 is 10.3 Å². The van der Waals surface area contributed by atoms with Crippen LogP contribution in [0, 0.1) is 0 Å². The van der Waals surface area contributed by atoms with Crippen LogP contribution in [-0.2, 0) is 6.54 Å². The molecule has 2 rings (SSSR count). The van der Waals surface area contributed by atoms with Gasteiger partial charge in [0.05, 0.1) is 0 Å². The Morgan fingerprint density at radius 1 is 1.55 bits per heavy atom. The molecule has 3 nitrogen and oxygen atoms in total. The lowest BCUT2D eigenvalue weighted by Gasteiger charge is -2.00. The molecule has 2 N–H and O–H groups in total. The quantitative estimate of drug-likeness (QED) is 0.623. The maximum absolute atomic E-state index is 10.8. The zero-order valence-electron chi connectivity index (χ0n) is 5.95. The summed E-state index contributed by atoms with van der Waals surface area (Å²) >= 11 is 0. The first-order valence-corrected chi connectivity index (χ1v) is 3.45. The highest BCUT2D eigenvalue weighted by atomic mass is 16.1. The number of aromatic nitrogens is 1. The number of fused-ring (bicyclic) bond motifs is 1. The fourth-order valence-corrected chi connectivity index (χ4v) is 1.33. The molecule has 0 aliphatic carbocycles. The van der Waals surface area contributed by atoms with Gasteiger partial charge in [-0.25, -0.2) is 0 Å². The normalized spacial score (nSPS) is 13.5. The van der Waals surface area contributed by atoms with Gasteiger partial charge in [-0.1, -0.05) is 6.08 Å². The second-order valence-corrected chi connectivity index (χ2v) is 2.52. The number of carbonyl (C=O) groups is 1. The van der Waals surface area contributed by atoms with Crippen LogP contribution in [0.15, 0.2) is 18.2 Å². The number of nitrogens with two attached hydrogens (primary N) is 1. The van der Waals surface area contributed by atoms with E-state index < -0.39 is 0 Å². The van der Waals surface area contributed by atoms with Crippen LogP contribution in [0.1, 0.15) is 16.2 Å². The van der Waals surface area contributed by atoms with Crippen molar-refractivity contribution >= 4 is 12.0 Å². The van der Waals surface area contributed by atoms with Crippen molar-refractivity contribution in [2.45, 2.75) is 6.54 Å². The molecule has 1 aromatic heterocycles. The highest BCUT2D eigenvalue weighted by Crippen LogP contribution is 2.15. The van der Waals surface area contributed by atoms with Crippen LogP contribution in [-0.4, -0.2) is 10.5 Å². The van der Waals surface area contributed by atoms with Crippen molar-refractivity contribution in [3.8, 4) is 0 Å². The largest absolute Gasteiger partial charge is 0.364 e. The summed E-state index contributed by atoms with van der Waals surface area (Å²) in [6, 6.07) is 3.64. The number of carbonyl (C=O) groups excluding carboxylic acids is 1. The number of primary amides is 1. The van der Waals surface area contributed by atoms with E-state index in [-0.39, 0.29) is 5.91 Å². The molecule has 3 heteroatoms. The fourth-order valence-electron chi connectivity index (χ4n) is 1.33. The van der Waals surface area contributed by atoms with Crippen LogP contribution in [0.5, 0.6) is 0 Å². The molecule has 0 unspecified atom stereocenters. The van der Waals surface area contributed by atoms with Gasteiger partial charge in [0.25, 0.3) is 5.91 Å². The van der Waals surface area contributed by atoms with Crippen LogP contribution < -0.4 is 5.73 Å². The van der Waals surface area contributed by atoms with E-state index in [2.05, 4.69) is 0 Å². The summed E-state index contributed by atoms with van der Waals surface area (Å²) in [5.41, 5.74) is 6.79. The third-order valence-electron chi connectivity index (χ3n) is 1.84. The van der Waals surface area contributed by atoms with Crippen LogP contribution >= 0.6 is 0 Å².